The van der Waals surface area contributed by atoms with Crippen LogP contribution in [0, 0.1) is 18.6 Å². The third-order valence-corrected chi connectivity index (χ3v) is 4.77. The predicted octanol–water partition coefficient (Wildman–Crippen LogP) is 3.87. The summed E-state index contributed by atoms with van der Waals surface area (Å²) in [6, 6.07) is 10.9. The molecule has 0 unspecified atom stereocenters. The van der Waals surface area contributed by atoms with E-state index in [4.69, 9.17) is 9.15 Å². The molecule has 0 aliphatic rings. The Balaban J connectivity index is 1.58. The van der Waals surface area contributed by atoms with E-state index in [1.807, 2.05) is 0 Å². The number of rotatable bonds is 5. The van der Waals surface area contributed by atoms with E-state index in [0.29, 0.717) is 28.0 Å². The van der Waals surface area contributed by atoms with Crippen LogP contribution in [0.1, 0.15) is 16.8 Å². The van der Waals surface area contributed by atoms with Gasteiger partial charge in [-0.2, -0.15) is 0 Å². The van der Waals surface area contributed by atoms with Gasteiger partial charge in [0.05, 0.1) is 18.3 Å². The largest absolute Gasteiger partial charge is 0.503 e. The summed E-state index contributed by atoms with van der Waals surface area (Å²) in [7, 11) is 0. The fraction of sp³-hybridized carbons (Fsp3) is 0.130. The second-order valence-electron chi connectivity index (χ2n) is 7.12. The Labute approximate surface area is 174 Å². The molecule has 4 aromatic rings. The first-order valence-electron chi connectivity index (χ1n) is 9.33. The molecule has 0 spiro atoms. The third-order valence-electron chi connectivity index (χ3n) is 4.77. The van der Waals surface area contributed by atoms with Crippen LogP contribution in [0.2, 0.25) is 0 Å². The summed E-state index contributed by atoms with van der Waals surface area (Å²) in [5, 5.41) is 10.3. The molecule has 2 heterocycles. The van der Waals surface area contributed by atoms with Crippen LogP contribution in [0.25, 0.3) is 11.0 Å². The van der Waals surface area contributed by atoms with Crippen molar-refractivity contribution in [2.45, 2.75) is 20.1 Å². The molecule has 2 aromatic carbocycles. The zero-order chi connectivity index (χ0) is 22.1. The molecular weight excluding hydrogens is 408 g/mol. The van der Waals surface area contributed by atoms with Gasteiger partial charge in [-0.05, 0) is 42.8 Å². The second-order valence-corrected chi connectivity index (χ2v) is 7.12. The number of hydrogen-bond donors (Lipinski definition) is 1. The predicted molar refractivity (Wildman–Crippen MR) is 109 cm³/mol. The van der Waals surface area contributed by atoms with E-state index < -0.39 is 28.4 Å². The highest BCUT2D eigenvalue weighted by Crippen LogP contribution is 2.22. The van der Waals surface area contributed by atoms with Gasteiger partial charge >= 0.3 is 5.63 Å². The SMILES string of the molecule is Cc1cc(=O)c(O)cn1Cc1cc2ccc(OCc3cc(F)cc(F)c3)cc2oc1=O. The summed E-state index contributed by atoms with van der Waals surface area (Å²) in [4.78, 5) is 23.9. The molecular formula is C23H17F2NO5. The Hall–Kier alpha value is -3.94. The summed E-state index contributed by atoms with van der Waals surface area (Å²) in [5.41, 5.74) is 0.468. The van der Waals surface area contributed by atoms with Crippen molar-refractivity contribution in [3.8, 4) is 11.5 Å². The number of aromatic nitrogens is 1. The number of nitrogens with zero attached hydrogens (tertiary/aromatic N) is 1. The molecule has 31 heavy (non-hydrogen) atoms. The molecule has 8 heteroatoms. The summed E-state index contributed by atoms with van der Waals surface area (Å²) in [6.07, 6.45) is 1.27. The van der Waals surface area contributed by atoms with E-state index in [2.05, 4.69) is 0 Å². The van der Waals surface area contributed by atoms with E-state index in [0.717, 1.165) is 6.07 Å². The highest BCUT2D eigenvalue weighted by atomic mass is 19.1. The molecule has 0 saturated heterocycles. The minimum Gasteiger partial charge on any atom is -0.503 e. The van der Waals surface area contributed by atoms with Crippen LogP contribution >= 0.6 is 0 Å². The Bertz CT molecular complexity index is 1390. The van der Waals surface area contributed by atoms with Gasteiger partial charge < -0.3 is 18.8 Å². The van der Waals surface area contributed by atoms with Gasteiger partial charge in [0, 0.05) is 29.3 Å². The molecule has 6 nitrogen and oxygen atoms in total. The lowest BCUT2D eigenvalue weighted by Gasteiger charge is -2.11. The molecule has 0 aliphatic carbocycles. The first kappa shape index (κ1) is 20.3. The topological polar surface area (TPSA) is 81.7 Å². The maximum absolute atomic E-state index is 13.3. The molecule has 158 valence electrons. The van der Waals surface area contributed by atoms with E-state index >= 15 is 0 Å². The van der Waals surface area contributed by atoms with Gasteiger partial charge in [0.1, 0.15) is 29.6 Å². The molecule has 1 N–H and O–H groups in total. The van der Waals surface area contributed by atoms with Crippen LogP contribution in [0.5, 0.6) is 11.5 Å². The Kier molecular flexibility index (Phi) is 5.29. The molecule has 0 amide bonds. The summed E-state index contributed by atoms with van der Waals surface area (Å²) in [5.74, 6) is -1.42. The van der Waals surface area contributed by atoms with Gasteiger partial charge in [-0.25, -0.2) is 13.6 Å². The van der Waals surface area contributed by atoms with Crippen molar-refractivity contribution >= 4 is 11.0 Å². The number of fused-ring (bicyclic) bond motifs is 1. The minimum absolute atomic E-state index is 0.0579. The zero-order valence-corrected chi connectivity index (χ0v) is 16.4. The number of pyridine rings is 1. The Morgan fingerprint density at radius 3 is 2.52 bits per heavy atom. The van der Waals surface area contributed by atoms with Gasteiger partial charge in [0.25, 0.3) is 0 Å². The maximum Gasteiger partial charge on any atom is 0.341 e. The number of hydrogen-bond acceptors (Lipinski definition) is 5. The average molecular weight is 425 g/mol. The first-order valence-corrected chi connectivity index (χ1v) is 9.33. The van der Waals surface area contributed by atoms with Crippen LogP contribution in [0.15, 0.2) is 68.7 Å². The smallest absolute Gasteiger partial charge is 0.341 e. The van der Waals surface area contributed by atoms with Crippen molar-refractivity contribution in [1.29, 1.82) is 0 Å². The fourth-order valence-corrected chi connectivity index (χ4v) is 3.21. The van der Waals surface area contributed by atoms with E-state index in [1.54, 1.807) is 29.7 Å². The molecule has 0 bridgehead atoms. The van der Waals surface area contributed by atoms with Gasteiger partial charge in [0.15, 0.2) is 5.75 Å². The molecule has 0 aliphatic heterocycles. The van der Waals surface area contributed by atoms with Crippen LogP contribution < -0.4 is 15.8 Å². The van der Waals surface area contributed by atoms with Crippen molar-refractivity contribution in [2.75, 3.05) is 0 Å². The number of aryl methyl sites for hydroxylation is 1. The average Bonchev–Trinajstić information content (AvgIpc) is 2.70. The Morgan fingerprint density at radius 1 is 1.03 bits per heavy atom. The van der Waals surface area contributed by atoms with E-state index in [1.165, 1.54) is 30.5 Å². The van der Waals surface area contributed by atoms with Crippen LogP contribution in [0.3, 0.4) is 0 Å². The maximum atomic E-state index is 13.3. The second kappa shape index (κ2) is 8.06. The number of benzene rings is 2. The number of ether oxygens (including phenoxy) is 1. The fourth-order valence-electron chi connectivity index (χ4n) is 3.21. The third kappa shape index (κ3) is 4.48. The van der Waals surface area contributed by atoms with Gasteiger partial charge in [-0.3, -0.25) is 4.79 Å². The van der Waals surface area contributed by atoms with Crippen molar-refractivity contribution in [2.24, 2.45) is 0 Å². The molecule has 0 fully saturated rings. The van der Waals surface area contributed by atoms with E-state index in [9.17, 15) is 23.5 Å². The number of halogens is 2. The standard InChI is InChI=1S/C23H17F2NO5/c1-13-4-20(27)21(28)11-26(13)10-16-7-15-2-3-19(9-22(15)31-23(16)29)30-12-14-5-17(24)8-18(25)6-14/h2-9,11,28H,10,12H2,1H3. The molecule has 0 saturated carbocycles. The first-order chi connectivity index (χ1) is 14.8. The minimum atomic E-state index is -0.693. The van der Waals surface area contributed by atoms with Crippen LogP contribution in [-0.2, 0) is 13.2 Å². The lowest BCUT2D eigenvalue weighted by atomic mass is 10.1. The zero-order valence-electron chi connectivity index (χ0n) is 16.4. The molecule has 0 radical (unpaired) electrons. The molecule has 4 rings (SSSR count). The van der Waals surface area contributed by atoms with Crippen molar-refractivity contribution in [1.82, 2.24) is 4.57 Å². The normalized spacial score (nSPS) is 11.1. The van der Waals surface area contributed by atoms with Crippen molar-refractivity contribution < 1.29 is 23.0 Å². The summed E-state index contributed by atoms with van der Waals surface area (Å²) >= 11 is 0. The highest BCUT2D eigenvalue weighted by Gasteiger charge is 2.10. The van der Waals surface area contributed by atoms with Gasteiger partial charge in [0.2, 0.25) is 5.43 Å². The quantitative estimate of drug-likeness (QED) is 0.491. The lowest BCUT2D eigenvalue weighted by molar-refractivity contribution is 0.304. The number of aromatic hydroxyl groups is 1. The molecule has 0 atom stereocenters. The van der Waals surface area contributed by atoms with E-state index in [-0.39, 0.29) is 18.7 Å². The summed E-state index contributed by atoms with van der Waals surface area (Å²) in [6.45, 7) is 1.75. The van der Waals surface area contributed by atoms with Crippen molar-refractivity contribution in [3.63, 3.8) is 0 Å². The van der Waals surface area contributed by atoms with Crippen LogP contribution in [0.4, 0.5) is 8.78 Å². The van der Waals surface area contributed by atoms with Crippen LogP contribution in [-0.4, -0.2) is 9.67 Å². The molecule has 2 aromatic heterocycles. The summed E-state index contributed by atoms with van der Waals surface area (Å²) < 4.78 is 39.1. The lowest BCUT2D eigenvalue weighted by Crippen LogP contribution is -2.15. The Morgan fingerprint density at radius 2 is 1.77 bits per heavy atom. The van der Waals surface area contributed by atoms with Gasteiger partial charge in [-0.15, -0.1) is 0 Å². The highest BCUT2D eigenvalue weighted by molar-refractivity contribution is 5.78. The van der Waals surface area contributed by atoms with Gasteiger partial charge in [-0.1, -0.05) is 0 Å². The monoisotopic (exact) mass is 425 g/mol. The van der Waals surface area contributed by atoms with Crippen molar-refractivity contribution in [3.05, 3.63) is 104 Å².